The topological polar surface area (TPSA) is 49.9 Å². The van der Waals surface area contributed by atoms with Gasteiger partial charge in [-0.1, -0.05) is 0 Å². The summed E-state index contributed by atoms with van der Waals surface area (Å²) in [5, 5.41) is 0. The molecule has 1 unspecified atom stereocenters. The van der Waals surface area contributed by atoms with Crippen molar-refractivity contribution in [1.82, 2.24) is 4.90 Å². The van der Waals surface area contributed by atoms with Gasteiger partial charge in [0.25, 0.3) is 0 Å². The zero-order chi connectivity index (χ0) is 17.5. The molecule has 1 atom stereocenters. The molecule has 5 nitrogen and oxygen atoms in total. The number of rotatable bonds is 2. The Balaban J connectivity index is 1.75. The molecule has 2 heterocycles. The van der Waals surface area contributed by atoms with Crippen molar-refractivity contribution in [3.63, 3.8) is 0 Å². The molecule has 0 N–H and O–H groups in total. The Morgan fingerprint density at radius 2 is 1.71 bits per heavy atom. The Hall–Kier alpha value is -2.25. The predicted octanol–water partition coefficient (Wildman–Crippen LogP) is 2.56. The Morgan fingerprint density at radius 1 is 1.08 bits per heavy atom. The van der Waals surface area contributed by atoms with Crippen molar-refractivity contribution >= 4 is 17.5 Å². The lowest BCUT2D eigenvalue weighted by Gasteiger charge is -2.35. The first-order valence-corrected chi connectivity index (χ1v) is 7.62. The van der Waals surface area contributed by atoms with Crippen molar-refractivity contribution in [3.8, 4) is 5.75 Å². The summed E-state index contributed by atoms with van der Waals surface area (Å²) in [5.41, 5.74) is -0.164. The molecule has 0 aromatic heterocycles. The molecule has 1 spiro atoms. The van der Waals surface area contributed by atoms with Crippen molar-refractivity contribution < 1.29 is 27.5 Å². The molecular weight excluding hydrogens is 325 g/mol. The van der Waals surface area contributed by atoms with Gasteiger partial charge in [0.15, 0.2) is 0 Å². The van der Waals surface area contributed by atoms with Crippen LogP contribution in [0.2, 0.25) is 0 Å². The average molecular weight is 342 g/mol. The highest BCUT2D eigenvalue weighted by atomic mass is 19.4. The molecule has 2 saturated heterocycles. The number of anilines is 1. The van der Waals surface area contributed by atoms with Gasteiger partial charge in [0.2, 0.25) is 11.8 Å². The van der Waals surface area contributed by atoms with Crippen LogP contribution in [0.1, 0.15) is 19.3 Å². The van der Waals surface area contributed by atoms with Crippen molar-refractivity contribution in [2.24, 2.45) is 5.41 Å². The number of nitrogens with zero attached hydrogens (tertiary/aromatic N) is 2. The van der Waals surface area contributed by atoms with Gasteiger partial charge in [-0.15, -0.1) is 13.2 Å². The highest BCUT2D eigenvalue weighted by Gasteiger charge is 2.50. The van der Waals surface area contributed by atoms with Crippen molar-refractivity contribution in [2.45, 2.75) is 25.6 Å². The number of halogens is 3. The van der Waals surface area contributed by atoms with E-state index < -0.39 is 11.8 Å². The fraction of sp³-hybridized carbons (Fsp3) is 0.500. The zero-order valence-corrected chi connectivity index (χ0v) is 13.1. The maximum atomic E-state index is 12.8. The Bertz CT molecular complexity index is 660. The van der Waals surface area contributed by atoms with Gasteiger partial charge in [0, 0.05) is 32.2 Å². The SMILES string of the molecule is CN1CCC2(CCN(c3ccc(OC(F)(F)F)cc3)C2=O)CC1=O. The third-order valence-corrected chi connectivity index (χ3v) is 4.74. The highest BCUT2D eigenvalue weighted by Crippen LogP contribution is 2.43. The van der Waals surface area contributed by atoms with Gasteiger partial charge in [0.1, 0.15) is 5.75 Å². The van der Waals surface area contributed by atoms with E-state index in [-0.39, 0.29) is 24.0 Å². The van der Waals surface area contributed by atoms with Crippen LogP contribution in [0, 0.1) is 5.41 Å². The molecule has 2 amide bonds. The first-order chi connectivity index (χ1) is 11.2. The van der Waals surface area contributed by atoms with E-state index in [1.165, 1.54) is 29.2 Å². The molecule has 130 valence electrons. The number of ether oxygens (including phenoxy) is 1. The molecule has 3 rings (SSSR count). The molecular formula is C16H17F3N2O3. The van der Waals surface area contributed by atoms with Gasteiger partial charge < -0.3 is 14.5 Å². The van der Waals surface area contributed by atoms with Crippen LogP contribution in [-0.2, 0) is 9.59 Å². The van der Waals surface area contributed by atoms with Gasteiger partial charge >= 0.3 is 6.36 Å². The van der Waals surface area contributed by atoms with Gasteiger partial charge in [-0.2, -0.15) is 0 Å². The monoisotopic (exact) mass is 342 g/mol. The minimum atomic E-state index is -4.75. The lowest BCUT2D eigenvalue weighted by molar-refractivity contribution is -0.274. The predicted molar refractivity (Wildman–Crippen MR) is 79.4 cm³/mol. The Labute approximate surface area is 137 Å². The van der Waals surface area contributed by atoms with E-state index in [1.54, 1.807) is 11.9 Å². The molecule has 24 heavy (non-hydrogen) atoms. The zero-order valence-electron chi connectivity index (χ0n) is 13.1. The summed E-state index contributed by atoms with van der Waals surface area (Å²) in [4.78, 5) is 27.9. The standard InChI is InChI=1S/C16H17F3N2O3/c1-20-8-6-15(10-13(20)22)7-9-21(14(15)23)11-2-4-12(5-3-11)24-16(17,18)19/h2-5H,6-10H2,1H3. The smallest absolute Gasteiger partial charge is 0.406 e. The quantitative estimate of drug-likeness (QED) is 0.830. The summed E-state index contributed by atoms with van der Waals surface area (Å²) in [6.07, 6.45) is -3.37. The number of amides is 2. The van der Waals surface area contributed by atoms with Crippen LogP contribution in [0.4, 0.5) is 18.9 Å². The number of benzene rings is 1. The second-order valence-corrected chi connectivity index (χ2v) is 6.27. The first-order valence-electron chi connectivity index (χ1n) is 7.62. The molecule has 0 radical (unpaired) electrons. The minimum absolute atomic E-state index is 0.0506. The van der Waals surface area contributed by atoms with Gasteiger partial charge in [0.05, 0.1) is 5.41 Å². The Morgan fingerprint density at radius 3 is 2.29 bits per heavy atom. The van der Waals surface area contributed by atoms with Crippen LogP contribution >= 0.6 is 0 Å². The fourth-order valence-corrected chi connectivity index (χ4v) is 3.31. The van der Waals surface area contributed by atoms with E-state index in [0.29, 0.717) is 31.6 Å². The van der Waals surface area contributed by atoms with E-state index in [2.05, 4.69) is 4.74 Å². The fourth-order valence-electron chi connectivity index (χ4n) is 3.31. The van der Waals surface area contributed by atoms with E-state index in [9.17, 15) is 22.8 Å². The molecule has 2 fully saturated rings. The van der Waals surface area contributed by atoms with Crippen molar-refractivity contribution in [1.29, 1.82) is 0 Å². The second-order valence-electron chi connectivity index (χ2n) is 6.27. The number of piperidine rings is 1. The third-order valence-electron chi connectivity index (χ3n) is 4.74. The summed E-state index contributed by atoms with van der Waals surface area (Å²) in [6.45, 7) is 0.992. The third kappa shape index (κ3) is 3.05. The summed E-state index contributed by atoms with van der Waals surface area (Å²) >= 11 is 0. The second kappa shape index (κ2) is 5.68. The van der Waals surface area contributed by atoms with E-state index in [1.807, 2.05) is 0 Å². The van der Waals surface area contributed by atoms with Gasteiger partial charge in [-0.25, -0.2) is 0 Å². The van der Waals surface area contributed by atoms with E-state index in [0.717, 1.165) is 0 Å². The average Bonchev–Trinajstić information content (AvgIpc) is 2.80. The number of likely N-dealkylation sites (tertiary alicyclic amines) is 1. The van der Waals surface area contributed by atoms with E-state index in [4.69, 9.17) is 0 Å². The van der Waals surface area contributed by atoms with Crippen LogP contribution < -0.4 is 9.64 Å². The Kier molecular flexibility index (Phi) is 3.93. The molecule has 0 saturated carbocycles. The molecule has 0 bridgehead atoms. The van der Waals surface area contributed by atoms with Crippen molar-refractivity contribution in [3.05, 3.63) is 24.3 Å². The molecule has 1 aromatic carbocycles. The van der Waals surface area contributed by atoms with Crippen LogP contribution in [0.25, 0.3) is 0 Å². The maximum absolute atomic E-state index is 12.8. The number of alkyl halides is 3. The highest BCUT2D eigenvalue weighted by molar-refractivity contribution is 6.02. The summed E-state index contributed by atoms with van der Waals surface area (Å²) in [6, 6.07) is 5.21. The summed E-state index contributed by atoms with van der Waals surface area (Å²) in [5.74, 6) is -0.513. The van der Waals surface area contributed by atoms with Crippen LogP contribution in [0.5, 0.6) is 5.75 Å². The molecule has 1 aromatic rings. The minimum Gasteiger partial charge on any atom is -0.406 e. The van der Waals surface area contributed by atoms with E-state index >= 15 is 0 Å². The number of hydrogen-bond acceptors (Lipinski definition) is 3. The summed E-state index contributed by atoms with van der Waals surface area (Å²) in [7, 11) is 1.71. The summed E-state index contributed by atoms with van der Waals surface area (Å²) < 4.78 is 40.4. The molecule has 2 aliphatic heterocycles. The number of hydrogen-bond donors (Lipinski definition) is 0. The van der Waals surface area contributed by atoms with Crippen molar-refractivity contribution in [2.75, 3.05) is 25.0 Å². The first kappa shape index (κ1) is 16.6. The van der Waals surface area contributed by atoms with Crippen LogP contribution in [-0.4, -0.2) is 43.2 Å². The van der Waals surface area contributed by atoms with Gasteiger partial charge in [-0.3, -0.25) is 9.59 Å². The number of carbonyl (C=O) groups is 2. The van der Waals surface area contributed by atoms with Crippen LogP contribution in [0.15, 0.2) is 24.3 Å². The molecule has 8 heteroatoms. The van der Waals surface area contributed by atoms with Crippen LogP contribution in [0.3, 0.4) is 0 Å². The lowest BCUT2D eigenvalue weighted by Crippen LogP contribution is -2.46. The maximum Gasteiger partial charge on any atom is 0.573 e. The molecule has 2 aliphatic rings. The number of carbonyl (C=O) groups excluding carboxylic acids is 2. The normalized spacial score (nSPS) is 24.8. The lowest BCUT2D eigenvalue weighted by atomic mass is 9.77. The molecule has 0 aliphatic carbocycles. The largest absolute Gasteiger partial charge is 0.573 e. The van der Waals surface area contributed by atoms with Gasteiger partial charge in [-0.05, 0) is 37.1 Å².